The summed E-state index contributed by atoms with van der Waals surface area (Å²) >= 11 is 0. The molecule has 0 atom stereocenters. The molecule has 0 nitrogen and oxygen atoms in total. The van der Waals surface area contributed by atoms with Crippen molar-refractivity contribution in [3.05, 3.63) is 95.1 Å². The van der Waals surface area contributed by atoms with Crippen LogP contribution < -0.4 is 0 Å². The minimum atomic E-state index is 1.15. The molecule has 2 aliphatic carbocycles. The molecule has 0 heteroatoms. The maximum absolute atomic E-state index is 2.38. The van der Waals surface area contributed by atoms with E-state index in [0.717, 1.165) is 25.7 Å². The molecular formula is C26H24. The molecule has 0 heterocycles. The Morgan fingerprint density at radius 1 is 0.462 bits per heavy atom. The molecule has 0 N–H and O–H groups in total. The Hall–Kier alpha value is -2.60. The zero-order valence-corrected chi connectivity index (χ0v) is 15.2. The third kappa shape index (κ3) is 2.90. The van der Waals surface area contributed by atoms with E-state index in [9.17, 15) is 0 Å². The van der Waals surface area contributed by atoms with E-state index in [1.165, 1.54) is 56.6 Å². The fourth-order valence-electron chi connectivity index (χ4n) is 4.50. The molecule has 0 radical (unpaired) electrons. The van der Waals surface area contributed by atoms with E-state index < -0.39 is 0 Å². The first-order chi connectivity index (χ1) is 12.9. The molecule has 0 saturated heterocycles. The summed E-state index contributed by atoms with van der Waals surface area (Å²) in [6.45, 7) is 0. The van der Waals surface area contributed by atoms with Gasteiger partial charge in [0.05, 0.1) is 0 Å². The second kappa shape index (κ2) is 6.61. The molecule has 0 amide bonds. The lowest BCUT2D eigenvalue weighted by Gasteiger charge is -2.12. The molecule has 0 spiro atoms. The van der Waals surface area contributed by atoms with Crippen LogP contribution in [0.5, 0.6) is 0 Å². The lowest BCUT2D eigenvalue weighted by molar-refractivity contribution is 0.820. The van der Waals surface area contributed by atoms with Crippen LogP contribution in [0.4, 0.5) is 0 Å². The van der Waals surface area contributed by atoms with Crippen molar-refractivity contribution in [1.29, 1.82) is 0 Å². The highest BCUT2D eigenvalue weighted by molar-refractivity contribution is 5.88. The highest BCUT2D eigenvalue weighted by Crippen LogP contribution is 2.26. The third-order valence-corrected chi connectivity index (χ3v) is 5.89. The largest absolute Gasteiger partial charge is 0.0613 e. The minimum Gasteiger partial charge on any atom is -0.0613 e. The van der Waals surface area contributed by atoms with Crippen molar-refractivity contribution in [3.63, 3.8) is 0 Å². The Kier molecular flexibility index (Phi) is 3.97. The molecule has 2 aliphatic rings. The number of hydrogen-bond donors (Lipinski definition) is 0. The van der Waals surface area contributed by atoms with E-state index in [4.69, 9.17) is 0 Å². The lowest BCUT2D eigenvalue weighted by Crippen LogP contribution is -1.96. The van der Waals surface area contributed by atoms with Crippen molar-refractivity contribution in [1.82, 2.24) is 0 Å². The van der Waals surface area contributed by atoms with Gasteiger partial charge in [-0.3, -0.25) is 0 Å². The van der Waals surface area contributed by atoms with Crippen molar-refractivity contribution in [2.75, 3.05) is 0 Å². The summed E-state index contributed by atoms with van der Waals surface area (Å²) in [6.07, 6.45) is 7.00. The molecule has 0 aliphatic heterocycles. The zero-order valence-electron chi connectivity index (χ0n) is 15.2. The summed E-state index contributed by atoms with van der Waals surface area (Å²) < 4.78 is 0. The van der Waals surface area contributed by atoms with E-state index in [0.29, 0.717) is 0 Å². The van der Waals surface area contributed by atoms with Crippen LogP contribution in [0.2, 0.25) is 0 Å². The molecule has 4 aromatic rings. The average Bonchev–Trinajstić information content (AvgIpc) is 2.68. The van der Waals surface area contributed by atoms with Gasteiger partial charge in [0.25, 0.3) is 0 Å². The van der Waals surface area contributed by atoms with Crippen LogP contribution in [0.25, 0.3) is 21.5 Å². The van der Waals surface area contributed by atoms with Gasteiger partial charge in [0.15, 0.2) is 0 Å². The van der Waals surface area contributed by atoms with Crippen LogP contribution in [0, 0.1) is 0 Å². The second-order valence-electron chi connectivity index (χ2n) is 7.65. The fourth-order valence-corrected chi connectivity index (χ4v) is 4.50. The van der Waals surface area contributed by atoms with Crippen molar-refractivity contribution in [3.8, 4) is 0 Å². The smallest absolute Gasteiger partial charge is 0.0149 e. The highest BCUT2D eigenvalue weighted by Gasteiger charge is 2.07. The van der Waals surface area contributed by atoms with Crippen molar-refractivity contribution >= 4 is 21.5 Å². The first kappa shape index (κ1) is 15.6. The van der Waals surface area contributed by atoms with E-state index >= 15 is 0 Å². The second-order valence-corrected chi connectivity index (χ2v) is 7.65. The third-order valence-electron chi connectivity index (χ3n) is 5.89. The van der Waals surface area contributed by atoms with Gasteiger partial charge >= 0.3 is 0 Å². The molecule has 0 fully saturated rings. The minimum absolute atomic E-state index is 1.15. The summed E-state index contributed by atoms with van der Waals surface area (Å²) in [4.78, 5) is 0. The van der Waals surface area contributed by atoms with Gasteiger partial charge in [0.1, 0.15) is 0 Å². The van der Waals surface area contributed by atoms with E-state index in [1.54, 1.807) is 0 Å². The van der Waals surface area contributed by atoms with E-state index in [-0.39, 0.29) is 0 Å². The van der Waals surface area contributed by atoms with Gasteiger partial charge < -0.3 is 0 Å². The molecule has 0 unspecified atom stereocenters. The summed E-state index contributed by atoms with van der Waals surface area (Å²) in [5, 5.41) is 5.67. The molecular weight excluding hydrogens is 312 g/mol. The van der Waals surface area contributed by atoms with Crippen molar-refractivity contribution in [2.45, 2.75) is 38.5 Å². The van der Waals surface area contributed by atoms with Crippen LogP contribution >= 0.6 is 0 Å². The summed E-state index contributed by atoms with van der Waals surface area (Å²) in [5.74, 6) is 0. The Labute approximate surface area is 155 Å². The number of hydrogen-bond acceptors (Lipinski definition) is 0. The molecule has 8 bridgehead atoms. The van der Waals surface area contributed by atoms with Gasteiger partial charge in [-0.1, -0.05) is 72.8 Å². The quantitative estimate of drug-likeness (QED) is 0.337. The van der Waals surface area contributed by atoms with Gasteiger partial charge in [-0.25, -0.2) is 0 Å². The topological polar surface area (TPSA) is 0 Å². The molecule has 128 valence electrons. The SMILES string of the molecule is c1cc2c3cccc(c3c1)CCCc1ccc3cc(ccc3c1)CCC2. The molecule has 0 saturated carbocycles. The maximum atomic E-state index is 2.38. The standard InChI is InChI=1S/C26H24/c1-5-19-13-15-24-18-20(14-16-23(24)17-19)6-2-8-22-10-4-11-25-21(7-1)9-3-12-26(22)25/h3-4,9-18H,1-2,5-8H2. The van der Waals surface area contributed by atoms with Crippen molar-refractivity contribution < 1.29 is 0 Å². The number of fused-ring (bicyclic) bond motifs is 6. The van der Waals surface area contributed by atoms with E-state index in [2.05, 4.69) is 72.8 Å². The van der Waals surface area contributed by atoms with Gasteiger partial charge in [-0.05, 0) is 82.3 Å². The fraction of sp³-hybridized carbons (Fsp3) is 0.231. The molecule has 26 heavy (non-hydrogen) atoms. The Balaban J connectivity index is 1.59. The lowest BCUT2D eigenvalue weighted by atomic mass is 9.92. The van der Waals surface area contributed by atoms with Gasteiger partial charge in [0, 0.05) is 0 Å². The zero-order chi connectivity index (χ0) is 17.3. The Morgan fingerprint density at radius 3 is 1.46 bits per heavy atom. The first-order valence-corrected chi connectivity index (χ1v) is 9.88. The Morgan fingerprint density at radius 2 is 0.962 bits per heavy atom. The molecule has 0 aromatic heterocycles. The number of benzene rings is 4. The summed E-state index contributed by atoms with van der Waals surface area (Å²) in [7, 11) is 0. The Bertz CT molecular complexity index is 999. The monoisotopic (exact) mass is 336 g/mol. The van der Waals surface area contributed by atoms with Crippen LogP contribution in [0.1, 0.15) is 35.1 Å². The van der Waals surface area contributed by atoms with Crippen molar-refractivity contribution in [2.24, 2.45) is 0 Å². The van der Waals surface area contributed by atoms with Crippen LogP contribution in [-0.2, 0) is 25.7 Å². The van der Waals surface area contributed by atoms with Crippen LogP contribution in [0.15, 0.2) is 72.8 Å². The summed E-state index contributed by atoms with van der Waals surface area (Å²) in [5.41, 5.74) is 5.92. The van der Waals surface area contributed by atoms with Crippen LogP contribution in [-0.4, -0.2) is 0 Å². The first-order valence-electron chi connectivity index (χ1n) is 9.88. The highest BCUT2D eigenvalue weighted by atomic mass is 14.1. The predicted octanol–water partition coefficient (Wildman–Crippen LogP) is 6.66. The van der Waals surface area contributed by atoms with Gasteiger partial charge in [-0.2, -0.15) is 0 Å². The van der Waals surface area contributed by atoms with Gasteiger partial charge in [-0.15, -0.1) is 0 Å². The number of rotatable bonds is 0. The summed E-state index contributed by atoms with van der Waals surface area (Å²) in [6, 6.07) is 27.8. The predicted molar refractivity (Wildman–Crippen MR) is 112 cm³/mol. The molecule has 4 aromatic carbocycles. The van der Waals surface area contributed by atoms with Gasteiger partial charge in [0.2, 0.25) is 0 Å². The van der Waals surface area contributed by atoms with E-state index in [1.807, 2.05) is 0 Å². The maximum Gasteiger partial charge on any atom is -0.0149 e. The molecule has 6 rings (SSSR count). The average molecular weight is 336 g/mol. The number of aryl methyl sites for hydroxylation is 4. The normalized spacial score (nSPS) is 14.8. The van der Waals surface area contributed by atoms with Crippen LogP contribution in [0.3, 0.4) is 0 Å².